The predicted octanol–water partition coefficient (Wildman–Crippen LogP) is 2.30. The van der Waals surface area contributed by atoms with Gasteiger partial charge < -0.3 is 4.90 Å². The first-order chi connectivity index (χ1) is 9.01. The molecule has 0 aromatic heterocycles. The fraction of sp³-hybridized carbons (Fsp3) is 0.333. The molecule has 0 aliphatic rings. The summed E-state index contributed by atoms with van der Waals surface area (Å²) in [4.78, 5) is 24.6. The lowest BCUT2D eigenvalue weighted by Crippen LogP contribution is -2.28. The van der Waals surface area contributed by atoms with Gasteiger partial charge in [-0.05, 0) is 18.4 Å². The molecule has 0 spiro atoms. The Labute approximate surface area is 115 Å². The lowest BCUT2D eigenvalue weighted by molar-refractivity contribution is -0.385. The molecule has 0 aliphatic carbocycles. The Morgan fingerprint density at radius 2 is 2.26 bits per heavy atom. The van der Waals surface area contributed by atoms with Gasteiger partial charge in [0, 0.05) is 24.6 Å². The van der Waals surface area contributed by atoms with Crippen LogP contribution in [-0.2, 0) is 0 Å². The van der Waals surface area contributed by atoms with E-state index >= 15 is 0 Å². The molecule has 0 saturated carbocycles. The van der Waals surface area contributed by atoms with Crippen LogP contribution in [0.5, 0.6) is 0 Å². The number of amides is 1. The van der Waals surface area contributed by atoms with E-state index in [0.717, 1.165) is 4.90 Å². The summed E-state index contributed by atoms with van der Waals surface area (Å²) in [6.07, 6.45) is 2.02. The van der Waals surface area contributed by atoms with E-state index < -0.39 is 10.8 Å². The van der Waals surface area contributed by atoms with E-state index in [0.29, 0.717) is 0 Å². The monoisotopic (exact) mass is 279 g/mol. The molecule has 100 valence electrons. The molecule has 1 aromatic carbocycles. The van der Waals surface area contributed by atoms with Crippen molar-refractivity contribution in [1.29, 1.82) is 5.26 Å². The van der Waals surface area contributed by atoms with E-state index in [4.69, 9.17) is 5.26 Å². The Bertz CT molecular complexity index is 540. The van der Waals surface area contributed by atoms with Crippen LogP contribution in [0.1, 0.15) is 16.8 Å². The number of nitrogens with zero attached hydrogens (tertiary/aromatic N) is 3. The Morgan fingerprint density at radius 3 is 2.79 bits per heavy atom. The van der Waals surface area contributed by atoms with Crippen LogP contribution < -0.4 is 0 Å². The lowest BCUT2D eigenvalue weighted by Gasteiger charge is -2.15. The third-order valence-electron chi connectivity index (χ3n) is 2.54. The smallest absolute Gasteiger partial charge is 0.282 e. The average molecular weight is 279 g/mol. The third-order valence-corrected chi connectivity index (χ3v) is 3.26. The van der Waals surface area contributed by atoms with Crippen molar-refractivity contribution in [2.45, 2.75) is 11.3 Å². The predicted molar refractivity (Wildman–Crippen MR) is 72.1 cm³/mol. The van der Waals surface area contributed by atoms with E-state index in [1.54, 1.807) is 6.07 Å². The Kier molecular flexibility index (Phi) is 5.33. The molecule has 19 heavy (non-hydrogen) atoms. The number of hydrogen-bond donors (Lipinski definition) is 0. The van der Waals surface area contributed by atoms with Gasteiger partial charge in [0.2, 0.25) is 0 Å². The third kappa shape index (κ3) is 3.69. The van der Waals surface area contributed by atoms with Gasteiger partial charge in [0.25, 0.3) is 11.6 Å². The van der Waals surface area contributed by atoms with Crippen molar-refractivity contribution >= 4 is 23.4 Å². The highest BCUT2D eigenvalue weighted by Gasteiger charge is 2.23. The summed E-state index contributed by atoms with van der Waals surface area (Å²) < 4.78 is 0. The minimum absolute atomic E-state index is 0.0530. The molecule has 0 heterocycles. The Morgan fingerprint density at radius 1 is 1.58 bits per heavy atom. The highest BCUT2D eigenvalue weighted by Crippen LogP contribution is 2.25. The van der Waals surface area contributed by atoms with Crippen molar-refractivity contribution in [2.24, 2.45) is 0 Å². The van der Waals surface area contributed by atoms with Crippen LogP contribution in [0.2, 0.25) is 0 Å². The molecule has 0 aliphatic heterocycles. The number of carbonyl (C=O) groups excluding carboxylic acids is 1. The second-order valence-corrected chi connectivity index (χ2v) is 4.65. The van der Waals surface area contributed by atoms with Crippen LogP contribution in [0.4, 0.5) is 5.69 Å². The van der Waals surface area contributed by atoms with Gasteiger partial charge in [0.1, 0.15) is 5.56 Å². The van der Waals surface area contributed by atoms with Crippen molar-refractivity contribution in [1.82, 2.24) is 4.90 Å². The van der Waals surface area contributed by atoms with E-state index in [1.807, 2.05) is 12.3 Å². The van der Waals surface area contributed by atoms with Gasteiger partial charge in [0.05, 0.1) is 17.4 Å². The van der Waals surface area contributed by atoms with Crippen molar-refractivity contribution in [3.8, 4) is 6.07 Å². The summed E-state index contributed by atoms with van der Waals surface area (Å²) in [6.45, 7) is 0.246. The fourth-order valence-electron chi connectivity index (χ4n) is 1.50. The van der Waals surface area contributed by atoms with Crippen molar-refractivity contribution in [3.05, 3.63) is 33.9 Å². The van der Waals surface area contributed by atoms with Crippen LogP contribution in [0.25, 0.3) is 0 Å². The van der Waals surface area contributed by atoms with E-state index in [2.05, 4.69) is 0 Å². The van der Waals surface area contributed by atoms with Crippen LogP contribution in [0.15, 0.2) is 23.1 Å². The molecule has 0 unspecified atom stereocenters. The second kappa shape index (κ2) is 6.75. The van der Waals surface area contributed by atoms with Gasteiger partial charge in [-0.25, -0.2) is 0 Å². The molecule has 0 fully saturated rings. The quantitative estimate of drug-likeness (QED) is 0.469. The number of nitriles is 1. The molecular formula is C12H13N3O3S. The number of thioether (sulfide) groups is 1. The minimum atomic E-state index is -0.574. The molecule has 1 amide bonds. The first-order valence-corrected chi connectivity index (χ1v) is 6.68. The van der Waals surface area contributed by atoms with E-state index in [9.17, 15) is 14.9 Å². The Hall–Kier alpha value is -2.07. The van der Waals surface area contributed by atoms with Gasteiger partial charge in [0.15, 0.2) is 0 Å². The highest BCUT2D eigenvalue weighted by atomic mass is 32.2. The summed E-state index contributed by atoms with van der Waals surface area (Å²) in [7, 11) is 1.52. The first kappa shape index (κ1) is 15.0. The number of nitro groups is 1. The number of carbonyl (C=O) groups is 1. The molecule has 6 nitrogen and oxygen atoms in total. The average Bonchev–Trinajstić information content (AvgIpc) is 2.42. The zero-order valence-corrected chi connectivity index (χ0v) is 11.4. The summed E-state index contributed by atoms with van der Waals surface area (Å²) >= 11 is 1.40. The molecule has 1 rings (SSSR count). The Balaban J connectivity index is 3.12. The zero-order valence-electron chi connectivity index (χ0n) is 10.6. The topological polar surface area (TPSA) is 87.2 Å². The SMILES string of the molecule is CSc1ccc([N+](=O)[O-])c(C(=O)N(C)CCC#N)c1. The molecule has 0 bridgehead atoms. The maximum absolute atomic E-state index is 12.1. The van der Waals surface area contributed by atoms with Gasteiger partial charge in [-0.15, -0.1) is 11.8 Å². The molecule has 0 radical (unpaired) electrons. The molecule has 0 atom stereocenters. The number of nitro benzene ring substituents is 1. The summed E-state index contributed by atoms with van der Waals surface area (Å²) in [6, 6.07) is 6.38. The van der Waals surface area contributed by atoms with Crippen LogP contribution in [0.3, 0.4) is 0 Å². The molecule has 0 saturated heterocycles. The van der Waals surface area contributed by atoms with Gasteiger partial charge in [-0.2, -0.15) is 5.26 Å². The van der Waals surface area contributed by atoms with Gasteiger partial charge >= 0.3 is 0 Å². The first-order valence-electron chi connectivity index (χ1n) is 5.46. The number of rotatable bonds is 5. The van der Waals surface area contributed by atoms with Crippen LogP contribution in [0, 0.1) is 21.4 Å². The largest absolute Gasteiger partial charge is 0.340 e. The maximum Gasteiger partial charge on any atom is 0.282 e. The second-order valence-electron chi connectivity index (χ2n) is 3.78. The number of hydrogen-bond acceptors (Lipinski definition) is 5. The standard InChI is InChI=1S/C12H13N3O3S/c1-14(7-3-6-13)12(16)10-8-9(19-2)4-5-11(10)15(17)18/h4-5,8H,3,7H2,1-2H3. The normalized spacial score (nSPS) is 9.74. The molecular weight excluding hydrogens is 266 g/mol. The van der Waals surface area contributed by atoms with E-state index in [1.165, 1.54) is 35.8 Å². The van der Waals surface area contributed by atoms with Crippen molar-refractivity contribution < 1.29 is 9.72 Å². The summed E-state index contributed by atoms with van der Waals surface area (Å²) in [5.74, 6) is -0.446. The molecule has 0 N–H and O–H groups in total. The van der Waals surface area contributed by atoms with Crippen LogP contribution >= 0.6 is 11.8 Å². The molecule has 7 heteroatoms. The minimum Gasteiger partial charge on any atom is -0.340 e. The number of benzene rings is 1. The van der Waals surface area contributed by atoms with E-state index in [-0.39, 0.29) is 24.2 Å². The zero-order chi connectivity index (χ0) is 14.4. The highest BCUT2D eigenvalue weighted by molar-refractivity contribution is 7.98. The van der Waals surface area contributed by atoms with Crippen molar-refractivity contribution in [3.63, 3.8) is 0 Å². The lowest BCUT2D eigenvalue weighted by atomic mass is 10.1. The van der Waals surface area contributed by atoms with Gasteiger partial charge in [-0.1, -0.05) is 0 Å². The van der Waals surface area contributed by atoms with Crippen molar-refractivity contribution in [2.75, 3.05) is 19.8 Å². The molecule has 1 aromatic rings. The fourth-order valence-corrected chi connectivity index (χ4v) is 1.94. The van der Waals surface area contributed by atoms with Crippen LogP contribution in [-0.4, -0.2) is 35.6 Å². The summed E-state index contributed by atoms with van der Waals surface area (Å²) in [5, 5.41) is 19.4. The maximum atomic E-state index is 12.1. The summed E-state index contributed by atoms with van der Waals surface area (Å²) in [5.41, 5.74) is -0.163. The van der Waals surface area contributed by atoms with Gasteiger partial charge in [-0.3, -0.25) is 14.9 Å².